The molecule has 1 aliphatic heterocycles. The molecule has 23 heavy (non-hydrogen) atoms. The summed E-state index contributed by atoms with van der Waals surface area (Å²) in [7, 11) is 0. The second kappa shape index (κ2) is 6.60. The zero-order valence-electron chi connectivity index (χ0n) is 12.7. The molecule has 0 radical (unpaired) electrons. The second-order valence-electron chi connectivity index (χ2n) is 5.53. The Morgan fingerprint density at radius 3 is 2.65 bits per heavy atom. The van der Waals surface area contributed by atoms with Crippen LogP contribution < -0.4 is 10.2 Å². The molecule has 1 fully saturated rings. The minimum absolute atomic E-state index is 0.139. The molecule has 3 rings (SSSR count). The van der Waals surface area contributed by atoms with Gasteiger partial charge in [0.1, 0.15) is 5.82 Å². The van der Waals surface area contributed by atoms with E-state index in [0.717, 1.165) is 11.3 Å². The molecule has 1 aliphatic rings. The fourth-order valence-corrected chi connectivity index (χ4v) is 3.58. The number of nitrogens with zero attached hydrogens (tertiary/aromatic N) is 1. The van der Waals surface area contributed by atoms with Gasteiger partial charge < -0.3 is 5.32 Å². The first-order valence-corrected chi connectivity index (χ1v) is 8.33. The molecule has 1 atom stereocenters. The molecular formula is C17H17FN2O2S. The van der Waals surface area contributed by atoms with Crippen molar-refractivity contribution in [2.24, 2.45) is 0 Å². The standard InChI is InChI=1S/C17H17FN2O2S/c1-11-7-9-23-15(11)6-8-19-14-10-16(21)20(17(14)22)13-4-2-12(18)3-5-13/h2-5,7,9,14,19H,6,8,10H2,1H3. The Hall–Kier alpha value is -2.05. The Bertz CT molecular complexity index is 726. The van der Waals surface area contributed by atoms with E-state index < -0.39 is 11.9 Å². The van der Waals surface area contributed by atoms with Crippen LogP contribution in [0.25, 0.3) is 0 Å². The zero-order valence-corrected chi connectivity index (χ0v) is 13.5. The van der Waals surface area contributed by atoms with Crippen LogP contribution in [0, 0.1) is 12.7 Å². The van der Waals surface area contributed by atoms with Crippen molar-refractivity contribution in [1.29, 1.82) is 0 Å². The van der Waals surface area contributed by atoms with E-state index in [1.165, 1.54) is 34.7 Å². The average Bonchev–Trinajstić information content (AvgIpc) is 3.05. The monoisotopic (exact) mass is 332 g/mol. The molecule has 1 unspecified atom stereocenters. The van der Waals surface area contributed by atoms with Gasteiger partial charge in [-0.3, -0.25) is 9.59 Å². The number of nitrogens with one attached hydrogen (secondary N) is 1. The van der Waals surface area contributed by atoms with Crippen molar-refractivity contribution >= 4 is 28.8 Å². The third-order valence-corrected chi connectivity index (χ3v) is 5.03. The molecule has 1 aromatic heterocycles. The first kappa shape index (κ1) is 15.8. The minimum atomic E-state index is -0.507. The molecule has 1 N–H and O–H groups in total. The van der Waals surface area contributed by atoms with Gasteiger partial charge in [0.25, 0.3) is 5.91 Å². The second-order valence-corrected chi connectivity index (χ2v) is 6.53. The van der Waals surface area contributed by atoms with Crippen molar-refractivity contribution in [3.63, 3.8) is 0 Å². The van der Waals surface area contributed by atoms with Gasteiger partial charge in [-0.25, -0.2) is 9.29 Å². The number of benzene rings is 1. The summed E-state index contributed by atoms with van der Waals surface area (Å²) in [6.45, 7) is 2.70. The van der Waals surface area contributed by atoms with Crippen LogP contribution in [-0.4, -0.2) is 24.4 Å². The van der Waals surface area contributed by atoms with Gasteiger partial charge in [-0.2, -0.15) is 0 Å². The first-order chi connectivity index (χ1) is 11.1. The lowest BCUT2D eigenvalue weighted by atomic mass is 10.2. The highest BCUT2D eigenvalue weighted by molar-refractivity contribution is 7.10. The third kappa shape index (κ3) is 3.33. The van der Waals surface area contributed by atoms with Crippen molar-refractivity contribution in [2.45, 2.75) is 25.8 Å². The predicted molar refractivity (Wildman–Crippen MR) is 88.1 cm³/mol. The number of halogens is 1. The maximum absolute atomic E-state index is 13.0. The van der Waals surface area contributed by atoms with E-state index >= 15 is 0 Å². The van der Waals surface area contributed by atoms with Gasteiger partial charge in [0.05, 0.1) is 18.2 Å². The van der Waals surface area contributed by atoms with E-state index in [2.05, 4.69) is 18.3 Å². The van der Waals surface area contributed by atoms with Crippen LogP contribution in [0.2, 0.25) is 0 Å². The Kier molecular flexibility index (Phi) is 4.54. The van der Waals surface area contributed by atoms with Gasteiger partial charge in [-0.1, -0.05) is 0 Å². The quantitative estimate of drug-likeness (QED) is 0.857. The smallest absolute Gasteiger partial charge is 0.251 e. The van der Waals surface area contributed by atoms with Crippen molar-refractivity contribution in [3.8, 4) is 0 Å². The average molecular weight is 332 g/mol. The lowest BCUT2D eigenvalue weighted by Gasteiger charge is -2.15. The van der Waals surface area contributed by atoms with Crippen molar-refractivity contribution in [2.75, 3.05) is 11.4 Å². The highest BCUT2D eigenvalue weighted by Gasteiger charge is 2.39. The molecule has 0 aliphatic carbocycles. The van der Waals surface area contributed by atoms with E-state index in [4.69, 9.17) is 0 Å². The number of aryl methyl sites for hydroxylation is 1. The summed E-state index contributed by atoms with van der Waals surface area (Å²) in [5, 5.41) is 5.21. The van der Waals surface area contributed by atoms with Crippen LogP contribution in [0.15, 0.2) is 35.7 Å². The number of anilines is 1. The molecule has 0 bridgehead atoms. The summed E-state index contributed by atoms with van der Waals surface area (Å²) in [4.78, 5) is 26.9. The summed E-state index contributed by atoms with van der Waals surface area (Å²) in [6, 6.07) is 6.95. The predicted octanol–water partition coefficient (Wildman–Crippen LogP) is 2.66. The topological polar surface area (TPSA) is 49.4 Å². The SMILES string of the molecule is Cc1ccsc1CCNC1CC(=O)N(c2ccc(F)cc2)C1=O. The van der Waals surface area contributed by atoms with Gasteiger partial charge in [0.15, 0.2) is 0 Å². The largest absolute Gasteiger partial charge is 0.305 e. The number of rotatable bonds is 5. The number of carbonyl (C=O) groups is 2. The lowest BCUT2D eigenvalue weighted by Crippen LogP contribution is -2.39. The van der Waals surface area contributed by atoms with E-state index in [1.54, 1.807) is 11.3 Å². The first-order valence-electron chi connectivity index (χ1n) is 7.45. The summed E-state index contributed by atoms with van der Waals surface area (Å²) < 4.78 is 13.0. The van der Waals surface area contributed by atoms with E-state index in [1.807, 2.05) is 5.38 Å². The highest BCUT2D eigenvalue weighted by atomic mass is 32.1. The molecule has 2 amide bonds. The fourth-order valence-electron chi connectivity index (χ4n) is 2.67. The summed E-state index contributed by atoms with van der Waals surface area (Å²) >= 11 is 1.69. The van der Waals surface area contributed by atoms with Crippen LogP contribution in [0.1, 0.15) is 16.9 Å². The Morgan fingerprint density at radius 2 is 2.00 bits per heavy atom. The van der Waals surface area contributed by atoms with Gasteiger partial charge in [-0.05, 0) is 54.6 Å². The summed E-state index contributed by atoms with van der Waals surface area (Å²) in [6.07, 6.45) is 0.970. The van der Waals surface area contributed by atoms with Crippen LogP contribution in [0.5, 0.6) is 0 Å². The van der Waals surface area contributed by atoms with Gasteiger partial charge in [0.2, 0.25) is 5.91 Å². The Balaban J connectivity index is 1.62. The molecule has 120 valence electrons. The van der Waals surface area contributed by atoms with Gasteiger partial charge in [-0.15, -0.1) is 11.3 Å². The number of amides is 2. The van der Waals surface area contributed by atoms with Crippen LogP contribution in [0.3, 0.4) is 0 Å². The molecule has 6 heteroatoms. The number of hydrogen-bond acceptors (Lipinski definition) is 4. The molecule has 4 nitrogen and oxygen atoms in total. The molecular weight excluding hydrogens is 315 g/mol. The lowest BCUT2D eigenvalue weighted by molar-refractivity contribution is -0.121. The summed E-state index contributed by atoms with van der Waals surface area (Å²) in [5.41, 5.74) is 1.67. The maximum atomic E-state index is 13.0. The van der Waals surface area contributed by atoms with Crippen LogP contribution in [-0.2, 0) is 16.0 Å². The highest BCUT2D eigenvalue weighted by Crippen LogP contribution is 2.23. The third-order valence-electron chi connectivity index (χ3n) is 3.94. The number of hydrogen-bond donors (Lipinski definition) is 1. The molecule has 2 aromatic rings. The van der Waals surface area contributed by atoms with Gasteiger partial charge >= 0.3 is 0 Å². The van der Waals surface area contributed by atoms with Crippen LogP contribution >= 0.6 is 11.3 Å². The number of carbonyl (C=O) groups excluding carboxylic acids is 2. The number of thiophene rings is 1. The normalized spacial score (nSPS) is 18.0. The molecule has 0 saturated carbocycles. The van der Waals surface area contributed by atoms with Crippen LogP contribution in [0.4, 0.5) is 10.1 Å². The summed E-state index contributed by atoms with van der Waals surface area (Å²) in [5.74, 6) is -0.926. The number of imide groups is 1. The minimum Gasteiger partial charge on any atom is -0.305 e. The molecule has 2 heterocycles. The van der Waals surface area contributed by atoms with Crippen molar-refractivity contribution < 1.29 is 14.0 Å². The van der Waals surface area contributed by atoms with Crippen molar-refractivity contribution in [3.05, 3.63) is 52.0 Å². The molecule has 0 spiro atoms. The maximum Gasteiger partial charge on any atom is 0.251 e. The molecule has 1 saturated heterocycles. The van der Waals surface area contributed by atoms with Crippen molar-refractivity contribution in [1.82, 2.24) is 5.32 Å². The Labute approximate surface area is 137 Å². The molecule has 1 aromatic carbocycles. The zero-order chi connectivity index (χ0) is 16.4. The van der Waals surface area contributed by atoms with E-state index in [0.29, 0.717) is 12.2 Å². The Morgan fingerprint density at radius 1 is 1.26 bits per heavy atom. The van der Waals surface area contributed by atoms with Gasteiger partial charge in [0, 0.05) is 11.4 Å². The van der Waals surface area contributed by atoms with E-state index in [9.17, 15) is 14.0 Å². The van der Waals surface area contributed by atoms with E-state index in [-0.39, 0.29) is 18.2 Å². The fraction of sp³-hybridized carbons (Fsp3) is 0.294.